The maximum absolute atomic E-state index is 10.5. The van der Waals surface area contributed by atoms with Gasteiger partial charge in [-0.05, 0) is 32.9 Å². The van der Waals surface area contributed by atoms with Crippen molar-refractivity contribution in [3.8, 4) is 0 Å². The monoisotopic (exact) mass is 184 g/mol. The molecular weight excluding hydrogens is 164 g/mol. The summed E-state index contributed by atoms with van der Waals surface area (Å²) in [6.45, 7) is 9.43. The summed E-state index contributed by atoms with van der Waals surface area (Å²) in [5.74, 6) is 0.775. The van der Waals surface area contributed by atoms with Crippen molar-refractivity contribution in [3.63, 3.8) is 0 Å². The quantitative estimate of drug-likeness (QED) is 0.495. The molecule has 0 saturated heterocycles. The third-order valence-electron chi connectivity index (χ3n) is 1.06. The van der Waals surface area contributed by atoms with Crippen LogP contribution in [0.1, 0.15) is 34.6 Å². The molecule has 0 atom stereocenters. The molecule has 0 unspecified atom stereocenters. The van der Waals surface area contributed by atoms with Gasteiger partial charge >= 0.3 is 0 Å². The van der Waals surface area contributed by atoms with Crippen LogP contribution >= 0.6 is 0 Å². The molecule has 0 radical (unpaired) electrons. The minimum Gasteiger partial charge on any atom is -0.486 e. The number of Topliss-reactive ketones (excluding diaryl/α,β-unsaturated/α-hetero) is 1. The molecule has 0 aliphatic rings. The highest BCUT2D eigenvalue weighted by Gasteiger charge is 1.93. The lowest BCUT2D eigenvalue weighted by Gasteiger charge is -2.02. The lowest BCUT2D eigenvalue weighted by atomic mass is 10.4. The average Bonchev–Trinajstić information content (AvgIpc) is 2.15. The van der Waals surface area contributed by atoms with E-state index in [1.54, 1.807) is 0 Å². The zero-order chi connectivity index (χ0) is 10.7. The van der Waals surface area contributed by atoms with E-state index < -0.39 is 0 Å². The van der Waals surface area contributed by atoms with Crippen molar-refractivity contribution < 1.29 is 9.53 Å². The highest BCUT2D eigenvalue weighted by Crippen LogP contribution is 1.98. The normalized spacial score (nSPS) is 10.7. The van der Waals surface area contributed by atoms with Crippen LogP contribution in [0.25, 0.3) is 0 Å². The Balaban J connectivity index is 0. The van der Waals surface area contributed by atoms with Gasteiger partial charge in [-0.25, -0.2) is 0 Å². The van der Waals surface area contributed by atoms with Crippen LogP contribution in [-0.2, 0) is 9.53 Å². The maximum Gasteiger partial charge on any atom is 0.167 e. The van der Waals surface area contributed by atoms with Crippen LogP contribution in [0.3, 0.4) is 0 Å². The van der Waals surface area contributed by atoms with Crippen LogP contribution in [0.4, 0.5) is 0 Å². The first kappa shape index (κ1) is 14.5. The van der Waals surface area contributed by atoms with Gasteiger partial charge in [-0.15, -0.1) is 0 Å². The van der Waals surface area contributed by atoms with Gasteiger partial charge in [-0.1, -0.05) is 19.9 Å². The van der Waals surface area contributed by atoms with Crippen molar-refractivity contribution in [1.82, 2.24) is 0 Å². The molecule has 0 bridgehead atoms. The lowest BCUT2D eigenvalue weighted by Crippen LogP contribution is -2.02. The zero-order valence-electron chi connectivity index (χ0n) is 9.26. The van der Waals surface area contributed by atoms with Crippen molar-refractivity contribution in [3.05, 3.63) is 24.0 Å². The second kappa shape index (κ2) is 11.0. The van der Waals surface area contributed by atoms with Crippen molar-refractivity contribution in [1.29, 1.82) is 0 Å². The highest BCUT2D eigenvalue weighted by atomic mass is 16.5. The van der Waals surface area contributed by atoms with E-state index in [0.717, 1.165) is 5.76 Å². The molecule has 76 valence electrons. The summed E-state index contributed by atoms with van der Waals surface area (Å²) in [6, 6.07) is 0. The van der Waals surface area contributed by atoms with Crippen LogP contribution < -0.4 is 0 Å². The molecule has 0 aliphatic carbocycles. The van der Waals surface area contributed by atoms with E-state index in [2.05, 4.69) is 0 Å². The summed E-state index contributed by atoms with van der Waals surface area (Å²) in [6.07, 6.45) is 5.52. The van der Waals surface area contributed by atoms with Crippen molar-refractivity contribution >= 4 is 5.78 Å². The van der Waals surface area contributed by atoms with Gasteiger partial charge in [0.05, 0.1) is 0 Å². The van der Waals surface area contributed by atoms with Gasteiger partial charge in [0.2, 0.25) is 0 Å². The molecule has 2 nitrogen and oxygen atoms in total. The topological polar surface area (TPSA) is 26.3 Å². The standard InChI is InChI=1S/C9H14O2.C2H6/c1-4-6-9(5-2)11-7-8(3)10;1-2/h4-6H,7H2,1-3H3;1-2H3/b6-4-,9-5+;. The highest BCUT2D eigenvalue weighted by molar-refractivity contribution is 5.76. The van der Waals surface area contributed by atoms with E-state index in [1.165, 1.54) is 6.92 Å². The summed E-state index contributed by atoms with van der Waals surface area (Å²) in [5.41, 5.74) is 0. The molecule has 13 heavy (non-hydrogen) atoms. The summed E-state index contributed by atoms with van der Waals surface area (Å²) in [7, 11) is 0. The molecule has 0 aliphatic heterocycles. The largest absolute Gasteiger partial charge is 0.486 e. The van der Waals surface area contributed by atoms with E-state index >= 15 is 0 Å². The molecule has 0 spiro atoms. The number of rotatable bonds is 4. The van der Waals surface area contributed by atoms with E-state index in [4.69, 9.17) is 4.74 Å². The van der Waals surface area contributed by atoms with Gasteiger partial charge in [0.1, 0.15) is 12.4 Å². The van der Waals surface area contributed by atoms with Crippen molar-refractivity contribution in [2.45, 2.75) is 34.6 Å². The third kappa shape index (κ3) is 10.9. The summed E-state index contributed by atoms with van der Waals surface area (Å²) in [5, 5.41) is 0. The summed E-state index contributed by atoms with van der Waals surface area (Å²) < 4.78 is 5.12. The number of ketones is 1. The number of hydrogen-bond donors (Lipinski definition) is 0. The van der Waals surface area contributed by atoms with Gasteiger partial charge in [0.15, 0.2) is 5.78 Å². The van der Waals surface area contributed by atoms with Gasteiger partial charge in [-0.3, -0.25) is 4.79 Å². The molecule has 0 N–H and O–H groups in total. The number of hydrogen-bond acceptors (Lipinski definition) is 2. The lowest BCUT2D eigenvalue weighted by molar-refractivity contribution is -0.120. The Morgan fingerprint density at radius 2 is 1.85 bits per heavy atom. The summed E-state index contributed by atoms with van der Waals surface area (Å²) in [4.78, 5) is 10.5. The van der Waals surface area contributed by atoms with Crippen LogP contribution in [0, 0.1) is 0 Å². The second-order valence-corrected chi connectivity index (χ2v) is 2.18. The number of allylic oxidation sites excluding steroid dienone is 3. The Bertz CT molecular complexity index is 179. The smallest absolute Gasteiger partial charge is 0.167 e. The molecule has 0 heterocycles. The SMILES string of the molecule is C/C=C\C(=C/C)OCC(C)=O.CC. The minimum atomic E-state index is 0.0360. The first-order valence-electron chi connectivity index (χ1n) is 4.62. The maximum atomic E-state index is 10.5. The van der Waals surface area contributed by atoms with Crippen LogP contribution in [0.2, 0.25) is 0 Å². The van der Waals surface area contributed by atoms with Gasteiger partial charge in [0.25, 0.3) is 0 Å². The number of ether oxygens (including phenoxy) is 1. The second-order valence-electron chi connectivity index (χ2n) is 2.18. The Morgan fingerprint density at radius 3 is 2.15 bits per heavy atom. The van der Waals surface area contributed by atoms with E-state index in [-0.39, 0.29) is 12.4 Å². The molecule has 0 aromatic rings. The van der Waals surface area contributed by atoms with Crippen molar-refractivity contribution in [2.24, 2.45) is 0 Å². The van der Waals surface area contributed by atoms with Gasteiger partial charge in [-0.2, -0.15) is 0 Å². The van der Waals surface area contributed by atoms with Gasteiger partial charge < -0.3 is 4.74 Å². The molecule has 0 amide bonds. The number of carbonyl (C=O) groups excluding carboxylic acids is 1. The Labute approximate surface area is 81.3 Å². The molecule has 0 aromatic carbocycles. The van der Waals surface area contributed by atoms with Gasteiger partial charge in [0, 0.05) is 0 Å². The Morgan fingerprint density at radius 1 is 1.31 bits per heavy atom. The molecule has 0 fully saturated rings. The average molecular weight is 184 g/mol. The van der Waals surface area contributed by atoms with E-state index in [1.807, 2.05) is 45.9 Å². The van der Waals surface area contributed by atoms with Crippen molar-refractivity contribution in [2.75, 3.05) is 6.61 Å². The minimum absolute atomic E-state index is 0.0360. The summed E-state index contributed by atoms with van der Waals surface area (Å²) >= 11 is 0. The molecule has 0 aromatic heterocycles. The molecule has 2 heteroatoms. The molecular formula is C11H20O2. The molecule has 0 rings (SSSR count). The first-order chi connectivity index (χ1) is 6.20. The fourth-order valence-corrected chi connectivity index (χ4v) is 0.577. The Hall–Kier alpha value is -1.05. The predicted octanol–water partition coefficient (Wildman–Crippen LogP) is 3.10. The first-order valence-corrected chi connectivity index (χ1v) is 4.62. The van der Waals surface area contributed by atoms with Crippen LogP contribution in [0.15, 0.2) is 24.0 Å². The molecule has 0 saturated carbocycles. The third-order valence-corrected chi connectivity index (χ3v) is 1.06. The fraction of sp³-hybridized carbons (Fsp3) is 0.545. The Kier molecular flexibility index (Phi) is 12.2. The zero-order valence-corrected chi connectivity index (χ0v) is 9.26. The van der Waals surface area contributed by atoms with E-state index in [0.29, 0.717) is 0 Å². The van der Waals surface area contributed by atoms with Crippen LogP contribution in [0.5, 0.6) is 0 Å². The fourth-order valence-electron chi connectivity index (χ4n) is 0.577. The number of carbonyl (C=O) groups is 1. The van der Waals surface area contributed by atoms with E-state index in [9.17, 15) is 4.79 Å². The predicted molar refractivity (Wildman–Crippen MR) is 56.6 cm³/mol. The van der Waals surface area contributed by atoms with Crippen LogP contribution in [-0.4, -0.2) is 12.4 Å².